The van der Waals surface area contributed by atoms with Crippen molar-refractivity contribution in [2.45, 2.75) is 69.4 Å². The predicted molar refractivity (Wildman–Crippen MR) is 114 cm³/mol. The van der Waals surface area contributed by atoms with Gasteiger partial charge in [0.25, 0.3) is 0 Å². The van der Waals surface area contributed by atoms with E-state index in [1.165, 1.54) is 25.3 Å². The Balaban J connectivity index is 1.66. The van der Waals surface area contributed by atoms with Crippen molar-refractivity contribution in [1.29, 1.82) is 0 Å². The highest BCUT2D eigenvalue weighted by Gasteiger charge is 2.38. The maximum Gasteiger partial charge on any atom is 0.221 e. The number of nitrogens with zero attached hydrogens (tertiary/aromatic N) is 1. The van der Waals surface area contributed by atoms with Crippen LogP contribution in [0.3, 0.4) is 0 Å². The van der Waals surface area contributed by atoms with Crippen molar-refractivity contribution in [2.75, 3.05) is 26.2 Å². The van der Waals surface area contributed by atoms with Gasteiger partial charge in [-0.3, -0.25) is 9.59 Å². The zero-order chi connectivity index (χ0) is 20.7. The molecule has 1 saturated heterocycles. The van der Waals surface area contributed by atoms with Crippen LogP contribution in [0, 0.1) is 0 Å². The molecule has 6 heteroatoms. The number of hydrogen-bond donors (Lipinski definition) is 3. The van der Waals surface area contributed by atoms with E-state index in [1.807, 2.05) is 18.2 Å². The number of carbonyl (C=O) groups is 2. The lowest BCUT2D eigenvalue weighted by Crippen LogP contribution is -2.42. The van der Waals surface area contributed by atoms with E-state index in [9.17, 15) is 14.7 Å². The molecule has 3 atom stereocenters. The van der Waals surface area contributed by atoms with Crippen LogP contribution in [-0.4, -0.2) is 60.1 Å². The van der Waals surface area contributed by atoms with E-state index in [-0.39, 0.29) is 23.3 Å². The second-order valence-corrected chi connectivity index (χ2v) is 8.67. The summed E-state index contributed by atoms with van der Waals surface area (Å²) in [5.74, 6) is -0.0214. The summed E-state index contributed by atoms with van der Waals surface area (Å²) in [5.41, 5.74) is 0.967. The second kappa shape index (κ2) is 10.2. The molecule has 3 rings (SSSR count). The quantitative estimate of drug-likeness (QED) is 0.610. The van der Waals surface area contributed by atoms with Crippen LogP contribution in [0.25, 0.3) is 0 Å². The summed E-state index contributed by atoms with van der Waals surface area (Å²) in [5, 5.41) is 16.6. The molecule has 29 heavy (non-hydrogen) atoms. The van der Waals surface area contributed by atoms with Gasteiger partial charge in [-0.1, -0.05) is 30.3 Å². The zero-order valence-corrected chi connectivity index (χ0v) is 17.5. The molecule has 160 valence electrons. The van der Waals surface area contributed by atoms with E-state index in [0.717, 1.165) is 32.5 Å². The van der Waals surface area contributed by atoms with Crippen molar-refractivity contribution in [3.63, 3.8) is 0 Å². The molecular weight excluding hydrogens is 366 g/mol. The first-order valence-electron chi connectivity index (χ1n) is 11.0. The number of carbonyl (C=O) groups excluding carboxylic acids is 2. The Labute approximate surface area is 174 Å². The lowest BCUT2D eigenvalue weighted by molar-refractivity contribution is -0.122. The molecule has 1 aliphatic heterocycles. The standard InChI is InChI=1S/C23H35N3O3/c1-18(27)25-20-9-12-23(13-10-21(20)28,19-7-3-2-4-8-19)17-24-22(29)11-16-26-14-5-6-15-26/h2-4,7-8,20-21,28H,5-6,9-17H2,1H3,(H,24,29)(H,25,27)/t20-,21-,23-/m0/s1. The van der Waals surface area contributed by atoms with Crippen molar-refractivity contribution in [3.8, 4) is 0 Å². The fourth-order valence-corrected chi connectivity index (χ4v) is 4.79. The molecule has 0 bridgehead atoms. The zero-order valence-electron chi connectivity index (χ0n) is 17.5. The number of likely N-dealkylation sites (tertiary alicyclic amines) is 1. The van der Waals surface area contributed by atoms with E-state index in [1.54, 1.807) is 0 Å². The maximum absolute atomic E-state index is 12.5. The topological polar surface area (TPSA) is 81.7 Å². The summed E-state index contributed by atoms with van der Waals surface area (Å²) in [4.78, 5) is 26.4. The Bertz CT molecular complexity index is 675. The SMILES string of the molecule is CC(=O)N[C@H]1CC[C@](CNC(=O)CCN2CCCC2)(c2ccccc2)CC[C@@H]1O. The van der Waals surface area contributed by atoms with Gasteiger partial charge in [0.15, 0.2) is 0 Å². The van der Waals surface area contributed by atoms with E-state index < -0.39 is 6.10 Å². The molecule has 3 N–H and O–H groups in total. The Morgan fingerprint density at radius 1 is 1.14 bits per heavy atom. The van der Waals surface area contributed by atoms with Crippen molar-refractivity contribution in [3.05, 3.63) is 35.9 Å². The lowest BCUT2D eigenvalue weighted by Gasteiger charge is -2.34. The lowest BCUT2D eigenvalue weighted by atomic mass is 9.74. The Morgan fingerprint density at radius 2 is 1.83 bits per heavy atom. The van der Waals surface area contributed by atoms with Gasteiger partial charge in [-0.15, -0.1) is 0 Å². The molecule has 1 aliphatic carbocycles. The number of nitrogens with one attached hydrogen (secondary N) is 2. The number of hydrogen-bond acceptors (Lipinski definition) is 4. The number of aliphatic hydroxyl groups is 1. The fraction of sp³-hybridized carbons (Fsp3) is 0.652. The van der Waals surface area contributed by atoms with Crippen molar-refractivity contribution in [2.24, 2.45) is 0 Å². The van der Waals surface area contributed by atoms with Gasteiger partial charge in [0.2, 0.25) is 11.8 Å². The molecule has 2 amide bonds. The van der Waals surface area contributed by atoms with Crippen LogP contribution in [0.5, 0.6) is 0 Å². The van der Waals surface area contributed by atoms with Crippen LogP contribution < -0.4 is 10.6 Å². The van der Waals surface area contributed by atoms with Crippen LogP contribution >= 0.6 is 0 Å². The van der Waals surface area contributed by atoms with Crippen molar-refractivity contribution >= 4 is 11.8 Å². The van der Waals surface area contributed by atoms with Gasteiger partial charge in [0.05, 0.1) is 12.1 Å². The molecule has 0 radical (unpaired) electrons. The third-order valence-corrected chi connectivity index (χ3v) is 6.57. The smallest absolute Gasteiger partial charge is 0.221 e. The van der Waals surface area contributed by atoms with Gasteiger partial charge in [-0.2, -0.15) is 0 Å². The number of rotatable bonds is 7. The average Bonchev–Trinajstić information content (AvgIpc) is 3.19. The molecule has 0 aromatic heterocycles. The molecule has 2 fully saturated rings. The Hall–Kier alpha value is -1.92. The van der Waals surface area contributed by atoms with Gasteiger partial charge >= 0.3 is 0 Å². The summed E-state index contributed by atoms with van der Waals surface area (Å²) < 4.78 is 0. The summed E-state index contributed by atoms with van der Waals surface area (Å²) in [6.45, 7) is 5.08. The molecule has 0 spiro atoms. The van der Waals surface area contributed by atoms with Crippen LogP contribution in [-0.2, 0) is 15.0 Å². The van der Waals surface area contributed by atoms with Crippen LogP contribution in [0.4, 0.5) is 0 Å². The van der Waals surface area contributed by atoms with Crippen LogP contribution in [0.15, 0.2) is 30.3 Å². The number of amides is 2. The molecular formula is C23H35N3O3. The number of benzene rings is 1. The molecule has 2 aliphatic rings. The van der Waals surface area contributed by atoms with Crippen molar-refractivity contribution in [1.82, 2.24) is 15.5 Å². The molecule has 1 aromatic carbocycles. The van der Waals surface area contributed by atoms with Gasteiger partial charge < -0.3 is 20.6 Å². The minimum Gasteiger partial charge on any atom is -0.391 e. The van der Waals surface area contributed by atoms with E-state index in [4.69, 9.17) is 0 Å². The highest BCUT2D eigenvalue weighted by Crippen LogP contribution is 2.38. The minimum atomic E-state index is -0.560. The van der Waals surface area contributed by atoms with Crippen LogP contribution in [0.2, 0.25) is 0 Å². The summed E-state index contributed by atoms with van der Waals surface area (Å²) >= 11 is 0. The second-order valence-electron chi connectivity index (χ2n) is 8.67. The molecule has 1 saturated carbocycles. The molecule has 0 unspecified atom stereocenters. The monoisotopic (exact) mass is 401 g/mol. The summed E-state index contributed by atoms with van der Waals surface area (Å²) in [7, 11) is 0. The van der Waals surface area contributed by atoms with Crippen molar-refractivity contribution < 1.29 is 14.7 Å². The first kappa shape index (κ1) is 21.8. The van der Waals surface area contributed by atoms with Crippen LogP contribution in [0.1, 0.15) is 57.4 Å². The van der Waals surface area contributed by atoms with E-state index >= 15 is 0 Å². The normalized spacial score (nSPS) is 27.9. The molecule has 1 aromatic rings. The van der Waals surface area contributed by atoms with E-state index in [0.29, 0.717) is 25.8 Å². The summed E-state index contributed by atoms with van der Waals surface area (Å²) in [6, 6.07) is 10.0. The molecule has 6 nitrogen and oxygen atoms in total. The maximum atomic E-state index is 12.5. The molecule has 1 heterocycles. The highest BCUT2D eigenvalue weighted by atomic mass is 16.3. The fourth-order valence-electron chi connectivity index (χ4n) is 4.79. The minimum absolute atomic E-state index is 0.0930. The van der Waals surface area contributed by atoms with Gasteiger partial charge in [0, 0.05) is 31.8 Å². The average molecular weight is 402 g/mol. The first-order chi connectivity index (χ1) is 14.0. The van der Waals surface area contributed by atoms with Gasteiger partial charge in [0.1, 0.15) is 0 Å². The number of aliphatic hydroxyl groups excluding tert-OH is 1. The Morgan fingerprint density at radius 3 is 2.52 bits per heavy atom. The third kappa shape index (κ3) is 6.03. The van der Waals surface area contributed by atoms with E-state index in [2.05, 4.69) is 27.7 Å². The third-order valence-electron chi connectivity index (χ3n) is 6.57. The summed E-state index contributed by atoms with van der Waals surface area (Å²) in [6.07, 6.45) is 5.32. The van der Waals surface area contributed by atoms with Gasteiger partial charge in [-0.05, 0) is 57.2 Å². The highest BCUT2D eigenvalue weighted by molar-refractivity contribution is 5.76. The largest absolute Gasteiger partial charge is 0.391 e. The Kier molecular flexibility index (Phi) is 7.67. The first-order valence-corrected chi connectivity index (χ1v) is 11.0. The van der Waals surface area contributed by atoms with Gasteiger partial charge in [-0.25, -0.2) is 0 Å². The predicted octanol–water partition coefficient (Wildman–Crippen LogP) is 1.97.